The average molecular weight is 590 g/mol. The molecular formula is C27H25F2N3O8S. The van der Waals surface area contributed by atoms with Crippen molar-refractivity contribution in [2.45, 2.75) is 13.0 Å². The standard InChI is InChI=1S/C27H25F2N3O8S/c1-39-27(34)25-21(7-4-8-23(25)28)16-9-10-17(24(29)12-16)14-30-26(33)22-11-18(22)15-40-32(41(2,37)38)20-6-3-5-19(13-20)31(35)36/h3-10,12-13,18,22H,11,14-15H2,1-2H3,(H,30,33). The van der Waals surface area contributed by atoms with Gasteiger partial charge in [-0.25, -0.2) is 22.0 Å². The number of hydrogen-bond donors (Lipinski definition) is 1. The Labute approximate surface area is 233 Å². The van der Waals surface area contributed by atoms with Crippen LogP contribution in [0.1, 0.15) is 22.3 Å². The number of carbonyl (C=O) groups is 2. The van der Waals surface area contributed by atoms with Crippen LogP contribution in [0.2, 0.25) is 0 Å². The molecule has 2 atom stereocenters. The van der Waals surface area contributed by atoms with Gasteiger partial charge < -0.3 is 10.1 Å². The number of nitro benzene ring substituents is 1. The van der Waals surface area contributed by atoms with Gasteiger partial charge in [-0.15, -0.1) is 4.47 Å². The summed E-state index contributed by atoms with van der Waals surface area (Å²) in [4.78, 5) is 40.5. The van der Waals surface area contributed by atoms with Gasteiger partial charge in [0.25, 0.3) is 15.7 Å². The van der Waals surface area contributed by atoms with Crippen LogP contribution in [-0.2, 0) is 30.9 Å². The van der Waals surface area contributed by atoms with Crippen LogP contribution in [0.3, 0.4) is 0 Å². The van der Waals surface area contributed by atoms with E-state index in [4.69, 9.17) is 4.84 Å². The van der Waals surface area contributed by atoms with Crippen molar-refractivity contribution in [3.05, 3.63) is 93.5 Å². The molecule has 1 aliphatic rings. The van der Waals surface area contributed by atoms with Crippen LogP contribution in [0.25, 0.3) is 11.1 Å². The molecule has 1 fully saturated rings. The number of esters is 1. The topological polar surface area (TPSA) is 145 Å². The number of carbonyl (C=O) groups excluding carboxylic acids is 2. The molecule has 0 spiro atoms. The number of nitrogens with one attached hydrogen (secondary N) is 1. The summed E-state index contributed by atoms with van der Waals surface area (Å²) in [6.45, 7) is -0.293. The minimum atomic E-state index is -3.95. The fourth-order valence-electron chi connectivity index (χ4n) is 4.24. The molecule has 3 aromatic carbocycles. The van der Waals surface area contributed by atoms with Gasteiger partial charge in [0, 0.05) is 30.2 Å². The number of benzene rings is 3. The number of ether oxygens (including phenoxy) is 1. The molecule has 1 aliphatic carbocycles. The summed E-state index contributed by atoms with van der Waals surface area (Å²) in [5.74, 6) is -3.60. The van der Waals surface area contributed by atoms with Crippen molar-refractivity contribution < 1.29 is 41.3 Å². The molecule has 4 rings (SSSR count). The summed E-state index contributed by atoms with van der Waals surface area (Å²) in [6.07, 6.45) is 1.28. The summed E-state index contributed by atoms with van der Waals surface area (Å²) in [5.41, 5.74) is -0.142. The first kappa shape index (κ1) is 29.6. The fraction of sp³-hybridized carbons (Fsp3) is 0.259. The quantitative estimate of drug-likeness (QED) is 0.201. The van der Waals surface area contributed by atoms with E-state index in [9.17, 15) is 36.9 Å². The predicted molar refractivity (Wildman–Crippen MR) is 143 cm³/mol. The minimum absolute atomic E-state index is 0.0563. The molecule has 1 saturated carbocycles. The maximum Gasteiger partial charge on any atom is 0.341 e. The highest BCUT2D eigenvalue weighted by Gasteiger charge is 2.44. The molecule has 0 bridgehead atoms. The van der Waals surface area contributed by atoms with Crippen molar-refractivity contribution in [3.8, 4) is 11.1 Å². The molecule has 3 aromatic rings. The fourth-order valence-corrected chi connectivity index (χ4v) is 4.99. The third-order valence-corrected chi connectivity index (χ3v) is 7.36. The Morgan fingerprint density at radius 3 is 2.49 bits per heavy atom. The Balaban J connectivity index is 1.36. The molecule has 2 unspecified atom stereocenters. The van der Waals surface area contributed by atoms with Crippen LogP contribution >= 0.6 is 0 Å². The van der Waals surface area contributed by atoms with E-state index in [-0.39, 0.29) is 58.6 Å². The first-order valence-electron chi connectivity index (χ1n) is 12.2. The zero-order valence-electron chi connectivity index (χ0n) is 21.9. The van der Waals surface area contributed by atoms with Crippen molar-refractivity contribution in [2.24, 2.45) is 11.8 Å². The highest BCUT2D eigenvalue weighted by Crippen LogP contribution is 2.39. The van der Waals surface area contributed by atoms with Gasteiger partial charge in [0.1, 0.15) is 17.2 Å². The molecule has 14 heteroatoms. The van der Waals surface area contributed by atoms with Crippen molar-refractivity contribution in [3.63, 3.8) is 0 Å². The zero-order valence-corrected chi connectivity index (χ0v) is 22.7. The first-order chi connectivity index (χ1) is 19.4. The number of nitro groups is 1. The summed E-state index contributed by atoms with van der Waals surface area (Å²) in [5, 5.41) is 13.7. The van der Waals surface area contributed by atoms with Gasteiger partial charge in [-0.1, -0.05) is 30.3 Å². The molecular weight excluding hydrogens is 564 g/mol. The Hall–Kier alpha value is -4.43. The molecule has 0 heterocycles. The van der Waals surface area contributed by atoms with E-state index in [0.29, 0.717) is 10.9 Å². The largest absolute Gasteiger partial charge is 0.465 e. The number of amides is 1. The first-order valence-corrected chi connectivity index (χ1v) is 14.1. The second-order valence-electron chi connectivity index (χ2n) is 9.34. The Morgan fingerprint density at radius 1 is 1.10 bits per heavy atom. The molecule has 216 valence electrons. The number of halogens is 2. The van der Waals surface area contributed by atoms with Gasteiger partial charge in [-0.05, 0) is 41.7 Å². The monoisotopic (exact) mass is 589 g/mol. The zero-order chi connectivity index (χ0) is 29.9. The summed E-state index contributed by atoms with van der Waals surface area (Å²) in [7, 11) is -2.84. The smallest absolute Gasteiger partial charge is 0.341 e. The Kier molecular flexibility index (Phi) is 8.63. The second kappa shape index (κ2) is 12.0. The highest BCUT2D eigenvalue weighted by atomic mass is 32.2. The number of hydrogen-bond acceptors (Lipinski definition) is 8. The number of sulfonamides is 1. The number of anilines is 1. The molecule has 0 aliphatic heterocycles. The van der Waals surface area contributed by atoms with Crippen molar-refractivity contribution in [2.75, 3.05) is 24.4 Å². The Morgan fingerprint density at radius 2 is 1.83 bits per heavy atom. The molecule has 0 radical (unpaired) electrons. The van der Waals surface area contributed by atoms with Gasteiger partial charge in [-0.2, -0.15) is 0 Å². The van der Waals surface area contributed by atoms with E-state index in [1.54, 1.807) is 0 Å². The summed E-state index contributed by atoms with van der Waals surface area (Å²) >= 11 is 0. The van der Waals surface area contributed by atoms with Crippen LogP contribution < -0.4 is 9.79 Å². The number of rotatable bonds is 11. The second-order valence-corrected chi connectivity index (χ2v) is 11.1. The van der Waals surface area contributed by atoms with E-state index >= 15 is 0 Å². The lowest BCUT2D eigenvalue weighted by Gasteiger charge is -2.21. The van der Waals surface area contributed by atoms with Crippen LogP contribution in [0, 0.1) is 33.6 Å². The van der Waals surface area contributed by atoms with Gasteiger partial charge in [0.2, 0.25) is 5.91 Å². The predicted octanol–water partition coefficient (Wildman–Crippen LogP) is 3.98. The van der Waals surface area contributed by atoms with Gasteiger partial charge in [0.15, 0.2) is 0 Å². The van der Waals surface area contributed by atoms with E-state index < -0.39 is 38.5 Å². The van der Waals surface area contributed by atoms with Crippen LogP contribution in [0.4, 0.5) is 20.2 Å². The molecule has 1 N–H and O–H groups in total. The number of methoxy groups -OCH3 is 1. The molecule has 11 nitrogen and oxygen atoms in total. The van der Waals surface area contributed by atoms with Gasteiger partial charge in [-0.3, -0.25) is 19.7 Å². The SMILES string of the molecule is COC(=O)c1c(F)cccc1-c1ccc(CNC(=O)C2CC2CON(c2cccc([N+](=O)[O-])c2)S(C)(=O)=O)c(F)c1. The van der Waals surface area contributed by atoms with E-state index in [2.05, 4.69) is 10.1 Å². The molecule has 0 saturated heterocycles. The Bertz CT molecular complexity index is 1620. The average Bonchev–Trinajstić information content (AvgIpc) is 3.71. The maximum atomic E-state index is 14.9. The van der Waals surface area contributed by atoms with Crippen molar-refractivity contribution >= 4 is 33.3 Å². The number of non-ortho nitro benzene ring substituents is 1. The van der Waals surface area contributed by atoms with Crippen LogP contribution in [0.15, 0.2) is 60.7 Å². The van der Waals surface area contributed by atoms with Gasteiger partial charge >= 0.3 is 5.97 Å². The molecule has 1 amide bonds. The lowest BCUT2D eigenvalue weighted by atomic mass is 9.98. The molecule has 0 aromatic heterocycles. The number of nitrogens with zero attached hydrogens (tertiary/aromatic N) is 2. The normalized spacial score (nSPS) is 16.1. The van der Waals surface area contributed by atoms with Crippen LogP contribution in [0.5, 0.6) is 0 Å². The maximum absolute atomic E-state index is 14.9. The third-order valence-electron chi connectivity index (χ3n) is 6.44. The summed E-state index contributed by atoms with van der Waals surface area (Å²) in [6, 6.07) is 12.9. The van der Waals surface area contributed by atoms with E-state index in [1.807, 2.05) is 0 Å². The summed E-state index contributed by atoms with van der Waals surface area (Å²) < 4.78 is 58.8. The van der Waals surface area contributed by atoms with Crippen molar-refractivity contribution in [1.82, 2.24) is 5.32 Å². The van der Waals surface area contributed by atoms with E-state index in [0.717, 1.165) is 31.6 Å². The minimum Gasteiger partial charge on any atom is -0.465 e. The lowest BCUT2D eigenvalue weighted by molar-refractivity contribution is -0.384. The van der Waals surface area contributed by atoms with E-state index in [1.165, 1.54) is 42.5 Å². The van der Waals surface area contributed by atoms with Crippen LogP contribution in [-0.4, -0.2) is 45.2 Å². The third kappa shape index (κ3) is 6.84. The molecule has 41 heavy (non-hydrogen) atoms. The van der Waals surface area contributed by atoms with Gasteiger partial charge in [0.05, 0.1) is 30.6 Å². The lowest BCUT2D eigenvalue weighted by Crippen LogP contribution is -2.31. The van der Waals surface area contributed by atoms with Crippen molar-refractivity contribution in [1.29, 1.82) is 0 Å². The highest BCUT2D eigenvalue weighted by molar-refractivity contribution is 7.91.